The first-order valence-corrected chi connectivity index (χ1v) is 5.93. The molecular weight excluding hydrogens is 220 g/mol. The summed E-state index contributed by atoms with van der Waals surface area (Å²) >= 11 is 0. The Morgan fingerprint density at radius 2 is 2.24 bits per heavy atom. The first-order chi connectivity index (χ1) is 8.17. The fourth-order valence-corrected chi connectivity index (χ4v) is 1.60. The molecule has 1 rings (SSSR count). The molecule has 5 nitrogen and oxygen atoms in total. The van der Waals surface area contributed by atoms with Crippen molar-refractivity contribution in [3.63, 3.8) is 0 Å². The highest BCUT2D eigenvalue weighted by Crippen LogP contribution is 2.07. The van der Waals surface area contributed by atoms with Crippen LogP contribution in [0.15, 0.2) is 6.07 Å². The second-order valence-electron chi connectivity index (χ2n) is 4.03. The minimum absolute atomic E-state index is 0.329. The molecule has 0 aromatic carbocycles. The molecule has 5 heteroatoms. The summed E-state index contributed by atoms with van der Waals surface area (Å²) < 4.78 is 12.0. The predicted molar refractivity (Wildman–Crippen MR) is 65.0 cm³/mol. The average molecular weight is 242 g/mol. The number of aryl methyl sites for hydroxylation is 2. The molecule has 0 saturated carbocycles. The summed E-state index contributed by atoms with van der Waals surface area (Å²) in [5.41, 5.74) is 2.08. The number of nitrogens with zero attached hydrogens (tertiary/aromatic N) is 2. The Morgan fingerprint density at radius 1 is 1.47 bits per heavy atom. The average Bonchev–Trinajstić information content (AvgIpc) is 2.66. The molecule has 0 saturated heterocycles. The lowest BCUT2D eigenvalue weighted by Gasteiger charge is -2.11. The zero-order valence-electron chi connectivity index (χ0n) is 10.8. The number of rotatable bonds is 8. The zero-order valence-corrected chi connectivity index (χ0v) is 10.8. The van der Waals surface area contributed by atoms with Crippen LogP contribution in [-0.2, 0) is 29.4 Å². The maximum absolute atomic E-state index is 9.80. The quantitative estimate of drug-likeness (QED) is 0.676. The van der Waals surface area contributed by atoms with Crippen molar-refractivity contribution in [3.05, 3.63) is 17.5 Å². The molecule has 0 aliphatic carbocycles. The largest absolute Gasteiger partial charge is 0.390 e. The third kappa shape index (κ3) is 4.85. The van der Waals surface area contributed by atoms with Crippen LogP contribution in [0.1, 0.15) is 18.3 Å². The van der Waals surface area contributed by atoms with Crippen LogP contribution in [0.5, 0.6) is 0 Å². The SMILES string of the molecule is CCc1cc(CC(O)COCCOC)n(C)n1. The van der Waals surface area contributed by atoms with E-state index in [2.05, 4.69) is 12.0 Å². The zero-order chi connectivity index (χ0) is 12.7. The van der Waals surface area contributed by atoms with Gasteiger partial charge in [0.25, 0.3) is 0 Å². The lowest BCUT2D eigenvalue weighted by atomic mass is 10.2. The third-order valence-electron chi connectivity index (χ3n) is 2.58. The van der Waals surface area contributed by atoms with Gasteiger partial charge < -0.3 is 14.6 Å². The van der Waals surface area contributed by atoms with E-state index in [4.69, 9.17) is 9.47 Å². The highest BCUT2D eigenvalue weighted by molar-refractivity contribution is 5.11. The van der Waals surface area contributed by atoms with Gasteiger partial charge in [0.15, 0.2) is 0 Å². The molecule has 1 heterocycles. The van der Waals surface area contributed by atoms with E-state index in [1.54, 1.807) is 7.11 Å². The highest BCUT2D eigenvalue weighted by Gasteiger charge is 2.10. The van der Waals surface area contributed by atoms with Gasteiger partial charge in [-0.05, 0) is 12.5 Å². The number of aliphatic hydroxyl groups is 1. The van der Waals surface area contributed by atoms with E-state index < -0.39 is 6.10 Å². The van der Waals surface area contributed by atoms with Crippen LogP contribution in [0.2, 0.25) is 0 Å². The molecule has 98 valence electrons. The fourth-order valence-electron chi connectivity index (χ4n) is 1.60. The second-order valence-corrected chi connectivity index (χ2v) is 4.03. The fraction of sp³-hybridized carbons (Fsp3) is 0.750. The number of methoxy groups -OCH3 is 1. The van der Waals surface area contributed by atoms with Gasteiger partial charge in [0.1, 0.15) is 0 Å². The minimum Gasteiger partial charge on any atom is -0.390 e. The molecule has 0 aliphatic rings. The topological polar surface area (TPSA) is 56.5 Å². The van der Waals surface area contributed by atoms with Crippen molar-refractivity contribution < 1.29 is 14.6 Å². The molecule has 1 aromatic rings. The Labute approximate surface area is 102 Å². The van der Waals surface area contributed by atoms with E-state index in [-0.39, 0.29) is 0 Å². The van der Waals surface area contributed by atoms with Crippen molar-refractivity contribution >= 4 is 0 Å². The number of hydrogen-bond acceptors (Lipinski definition) is 4. The molecule has 0 bridgehead atoms. The summed E-state index contributed by atoms with van der Waals surface area (Å²) in [5, 5.41) is 14.1. The first-order valence-electron chi connectivity index (χ1n) is 5.93. The number of aliphatic hydroxyl groups excluding tert-OH is 1. The Hall–Kier alpha value is -0.910. The number of ether oxygens (including phenoxy) is 2. The predicted octanol–water partition coefficient (Wildman–Crippen LogP) is 0.549. The maximum Gasteiger partial charge on any atom is 0.0828 e. The van der Waals surface area contributed by atoms with Crippen LogP contribution in [0, 0.1) is 0 Å². The summed E-state index contributed by atoms with van der Waals surface area (Å²) in [4.78, 5) is 0. The van der Waals surface area contributed by atoms with Crippen molar-refractivity contribution in [2.75, 3.05) is 26.9 Å². The maximum atomic E-state index is 9.80. The molecule has 0 spiro atoms. The van der Waals surface area contributed by atoms with Crippen LogP contribution in [-0.4, -0.2) is 47.9 Å². The molecule has 0 radical (unpaired) electrons. The third-order valence-corrected chi connectivity index (χ3v) is 2.58. The van der Waals surface area contributed by atoms with Crippen LogP contribution < -0.4 is 0 Å². The second kappa shape index (κ2) is 7.42. The van der Waals surface area contributed by atoms with Crippen molar-refractivity contribution in [2.24, 2.45) is 7.05 Å². The smallest absolute Gasteiger partial charge is 0.0828 e. The molecule has 0 aliphatic heterocycles. The molecular formula is C12H22N2O3. The molecule has 17 heavy (non-hydrogen) atoms. The normalized spacial score (nSPS) is 12.9. The number of hydrogen-bond donors (Lipinski definition) is 1. The Bertz CT molecular complexity index is 326. The van der Waals surface area contributed by atoms with E-state index in [9.17, 15) is 5.11 Å². The van der Waals surface area contributed by atoms with Crippen LogP contribution in [0.3, 0.4) is 0 Å². The van der Waals surface area contributed by atoms with Gasteiger partial charge >= 0.3 is 0 Å². The monoisotopic (exact) mass is 242 g/mol. The minimum atomic E-state index is -0.494. The standard InChI is InChI=1S/C12H22N2O3/c1-4-10-7-11(14(2)13-10)8-12(15)9-17-6-5-16-3/h7,12,15H,4-6,8-9H2,1-3H3. The highest BCUT2D eigenvalue weighted by atomic mass is 16.5. The first kappa shape index (κ1) is 14.2. The summed E-state index contributed by atoms with van der Waals surface area (Å²) in [6, 6.07) is 2.03. The van der Waals surface area contributed by atoms with Gasteiger partial charge in [-0.1, -0.05) is 6.92 Å². The van der Waals surface area contributed by atoms with E-state index in [0.29, 0.717) is 26.2 Å². The Balaban J connectivity index is 2.34. The molecule has 1 unspecified atom stereocenters. The van der Waals surface area contributed by atoms with Gasteiger partial charge in [0.05, 0.1) is 31.6 Å². The van der Waals surface area contributed by atoms with Gasteiger partial charge in [-0.15, -0.1) is 0 Å². The lowest BCUT2D eigenvalue weighted by molar-refractivity contribution is 0.0131. The van der Waals surface area contributed by atoms with Gasteiger partial charge in [0.2, 0.25) is 0 Å². The van der Waals surface area contributed by atoms with Gasteiger partial charge in [-0.3, -0.25) is 4.68 Å². The molecule has 0 amide bonds. The summed E-state index contributed by atoms with van der Waals surface area (Å²) in [7, 11) is 3.52. The van der Waals surface area contributed by atoms with Crippen molar-refractivity contribution in [1.29, 1.82) is 0 Å². The molecule has 1 atom stereocenters. The van der Waals surface area contributed by atoms with Gasteiger partial charge in [-0.25, -0.2) is 0 Å². The van der Waals surface area contributed by atoms with Crippen LogP contribution >= 0.6 is 0 Å². The van der Waals surface area contributed by atoms with E-state index >= 15 is 0 Å². The Kier molecular flexibility index (Phi) is 6.18. The molecule has 0 fully saturated rings. The summed E-state index contributed by atoms with van der Waals surface area (Å²) in [6.45, 7) is 3.46. The molecule has 1 aromatic heterocycles. The van der Waals surface area contributed by atoms with Crippen molar-refractivity contribution in [1.82, 2.24) is 9.78 Å². The van der Waals surface area contributed by atoms with E-state index in [1.807, 2.05) is 17.8 Å². The summed E-state index contributed by atoms with van der Waals surface area (Å²) in [6.07, 6.45) is 0.983. The van der Waals surface area contributed by atoms with Gasteiger partial charge in [-0.2, -0.15) is 5.10 Å². The van der Waals surface area contributed by atoms with Crippen LogP contribution in [0.25, 0.3) is 0 Å². The van der Waals surface area contributed by atoms with Crippen molar-refractivity contribution in [3.8, 4) is 0 Å². The summed E-state index contributed by atoms with van der Waals surface area (Å²) in [5.74, 6) is 0. The van der Waals surface area contributed by atoms with Crippen molar-refractivity contribution in [2.45, 2.75) is 25.9 Å². The lowest BCUT2D eigenvalue weighted by Crippen LogP contribution is -2.20. The van der Waals surface area contributed by atoms with Crippen LogP contribution in [0.4, 0.5) is 0 Å². The van der Waals surface area contributed by atoms with Gasteiger partial charge in [0, 0.05) is 26.3 Å². The molecule has 1 N–H and O–H groups in total. The Morgan fingerprint density at radius 3 is 2.82 bits per heavy atom. The van der Waals surface area contributed by atoms with E-state index in [0.717, 1.165) is 17.8 Å². The van der Waals surface area contributed by atoms with E-state index in [1.165, 1.54) is 0 Å². The number of aromatic nitrogens is 2.